The summed E-state index contributed by atoms with van der Waals surface area (Å²) >= 11 is 0. The molecule has 1 amide bonds. The highest BCUT2D eigenvalue weighted by Crippen LogP contribution is 2.52. The van der Waals surface area contributed by atoms with Crippen LogP contribution < -0.4 is 0 Å². The molecule has 4 heteroatoms. The molecule has 146 valence electrons. The van der Waals surface area contributed by atoms with E-state index in [2.05, 4.69) is 29.2 Å². The Morgan fingerprint density at radius 2 is 1.89 bits per heavy atom. The summed E-state index contributed by atoms with van der Waals surface area (Å²) in [6.45, 7) is 1.72. The van der Waals surface area contributed by atoms with Gasteiger partial charge in [0.2, 0.25) is 5.91 Å². The molecular formula is C23H31NO3. The minimum absolute atomic E-state index is 0.161. The lowest BCUT2D eigenvalue weighted by Gasteiger charge is -2.44. The second kappa shape index (κ2) is 6.59. The first-order valence-electron chi connectivity index (χ1n) is 10.7. The molecule has 0 N–H and O–H groups in total. The van der Waals surface area contributed by atoms with Crippen LogP contribution in [0.3, 0.4) is 0 Å². The zero-order chi connectivity index (χ0) is 18.5. The molecule has 1 saturated heterocycles. The lowest BCUT2D eigenvalue weighted by atomic mass is 9.78. The molecule has 0 spiro atoms. The third-order valence-electron chi connectivity index (χ3n) is 7.55. The molecular weight excluding hydrogens is 338 g/mol. The van der Waals surface area contributed by atoms with Gasteiger partial charge in [0.15, 0.2) is 0 Å². The van der Waals surface area contributed by atoms with Gasteiger partial charge in [0, 0.05) is 20.3 Å². The molecule has 3 saturated carbocycles. The van der Waals surface area contributed by atoms with E-state index >= 15 is 0 Å². The van der Waals surface area contributed by atoms with Crippen molar-refractivity contribution < 1.29 is 14.3 Å². The fraction of sp³-hybridized carbons (Fsp3) is 0.696. The Labute approximate surface area is 162 Å². The standard InChI is InChI=1S/C23H31NO3/c1-26-23-10-9-19(27-16-17-7-8-17)15-20(23)24(14-13-23)21(25)22(11-12-22)18-5-3-2-4-6-18/h2-6,17,19-20H,7-16H2,1H3/t19-,20+,23-/m1/s1. The highest BCUT2D eigenvalue weighted by Gasteiger charge is 2.59. The maximum Gasteiger partial charge on any atom is 0.233 e. The number of fused-ring (bicyclic) bond motifs is 1. The minimum atomic E-state index is -0.285. The van der Waals surface area contributed by atoms with Gasteiger partial charge in [-0.15, -0.1) is 0 Å². The largest absolute Gasteiger partial charge is 0.378 e. The minimum Gasteiger partial charge on any atom is -0.378 e. The van der Waals surface area contributed by atoms with Crippen molar-refractivity contribution in [2.24, 2.45) is 5.92 Å². The Morgan fingerprint density at radius 1 is 1.11 bits per heavy atom. The normalized spacial score (nSPS) is 34.3. The van der Waals surface area contributed by atoms with E-state index in [4.69, 9.17) is 9.47 Å². The number of carbonyl (C=O) groups excluding carboxylic acids is 1. The zero-order valence-electron chi connectivity index (χ0n) is 16.4. The van der Waals surface area contributed by atoms with Crippen molar-refractivity contribution in [1.29, 1.82) is 0 Å². The van der Waals surface area contributed by atoms with Crippen molar-refractivity contribution in [3.8, 4) is 0 Å². The fourth-order valence-corrected chi connectivity index (χ4v) is 5.40. The Morgan fingerprint density at radius 3 is 2.56 bits per heavy atom. The van der Waals surface area contributed by atoms with E-state index in [0.29, 0.717) is 5.91 Å². The number of nitrogens with zero attached hydrogens (tertiary/aromatic N) is 1. The van der Waals surface area contributed by atoms with Crippen LogP contribution in [0.15, 0.2) is 30.3 Å². The lowest BCUT2D eigenvalue weighted by Crippen LogP contribution is -2.54. The van der Waals surface area contributed by atoms with Crippen LogP contribution in [0.5, 0.6) is 0 Å². The van der Waals surface area contributed by atoms with E-state index in [0.717, 1.165) is 57.6 Å². The van der Waals surface area contributed by atoms with Gasteiger partial charge in [0.05, 0.1) is 23.2 Å². The molecule has 0 bridgehead atoms. The summed E-state index contributed by atoms with van der Waals surface area (Å²) in [5.74, 6) is 1.11. The van der Waals surface area contributed by atoms with E-state index in [-0.39, 0.29) is 23.2 Å². The second-order valence-electron chi connectivity index (χ2n) is 9.15. The van der Waals surface area contributed by atoms with Gasteiger partial charge in [0.25, 0.3) is 0 Å². The molecule has 1 aliphatic heterocycles. The van der Waals surface area contributed by atoms with Crippen LogP contribution in [0.2, 0.25) is 0 Å². The number of ether oxygens (including phenoxy) is 2. The first-order chi connectivity index (χ1) is 13.2. The van der Waals surface area contributed by atoms with Crippen LogP contribution in [0.1, 0.15) is 56.9 Å². The third kappa shape index (κ3) is 3.01. The summed E-state index contributed by atoms with van der Waals surface area (Å²) in [4.78, 5) is 15.8. The summed E-state index contributed by atoms with van der Waals surface area (Å²) in [5, 5.41) is 0. The first-order valence-corrected chi connectivity index (χ1v) is 10.7. The van der Waals surface area contributed by atoms with Gasteiger partial charge in [-0.05, 0) is 62.8 Å². The summed E-state index contributed by atoms with van der Waals surface area (Å²) < 4.78 is 12.3. The highest BCUT2D eigenvalue weighted by molar-refractivity contribution is 5.92. The Bertz CT molecular complexity index is 697. The molecule has 0 unspecified atom stereocenters. The Hall–Kier alpha value is -1.39. The van der Waals surface area contributed by atoms with E-state index < -0.39 is 0 Å². The van der Waals surface area contributed by atoms with Crippen LogP contribution in [-0.2, 0) is 19.7 Å². The van der Waals surface area contributed by atoms with Gasteiger partial charge in [-0.3, -0.25) is 4.79 Å². The van der Waals surface area contributed by atoms with Gasteiger partial charge in [-0.2, -0.15) is 0 Å². The number of methoxy groups -OCH3 is 1. The average Bonchev–Trinajstić information content (AvgIpc) is 3.63. The predicted octanol–water partition coefficient (Wildman–Crippen LogP) is 3.68. The van der Waals surface area contributed by atoms with Gasteiger partial charge >= 0.3 is 0 Å². The summed E-state index contributed by atoms with van der Waals surface area (Å²) in [7, 11) is 1.83. The van der Waals surface area contributed by atoms with Crippen LogP contribution in [0.25, 0.3) is 0 Å². The molecule has 3 atom stereocenters. The molecule has 5 rings (SSSR count). The fourth-order valence-electron chi connectivity index (χ4n) is 5.40. The Kier molecular flexibility index (Phi) is 4.32. The predicted molar refractivity (Wildman–Crippen MR) is 104 cm³/mol. The van der Waals surface area contributed by atoms with Crippen LogP contribution in [0, 0.1) is 5.92 Å². The van der Waals surface area contributed by atoms with Gasteiger partial charge in [-0.25, -0.2) is 0 Å². The average molecular weight is 370 g/mol. The summed E-state index contributed by atoms with van der Waals surface area (Å²) in [5.41, 5.74) is 0.733. The van der Waals surface area contributed by atoms with E-state index in [9.17, 15) is 4.79 Å². The molecule has 1 heterocycles. The number of amides is 1. The second-order valence-corrected chi connectivity index (χ2v) is 9.15. The van der Waals surface area contributed by atoms with Gasteiger partial charge in [0.1, 0.15) is 0 Å². The molecule has 4 aliphatic rings. The molecule has 4 fully saturated rings. The van der Waals surface area contributed by atoms with Crippen LogP contribution in [-0.4, -0.2) is 48.8 Å². The maximum atomic E-state index is 13.7. The zero-order valence-corrected chi connectivity index (χ0v) is 16.4. The van der Waals surface area contributed by atoms with Crippen molar-refractivity contribution >= 4 is 5.91 Å². The number of rotatable bonds is 6. The van der Waals surface area contributed by atoms with Gasteiger partial charge < -0.3 is 14.4 Å². The third-order valence-corrected chi connectivity index (χ3v) is 7.55. The number of hydrogen-bond donors (Lipinski definition) is 0. The molecule has 27 heavy (non-hydrogen) atoms. The van der Waals surface area contributed by atoms with Crippen LogP contribution in [0.4, 0.5) is 0 Å². The monoisotopic (exact) mass is 369 g/mol. The number of likely N-dealkylation sites (tertiary alicyclic amines) is 1. The molecule has 4 nitrogen and oxygen atoms in total. The van der Waals surface area contributed by atoms with Crippen LogP contribution >= 0.6 is 0 Å². The lowest BCUT2D eigenvalue weighted by molar-refractivity contribution is -0.144. The van der Waals surface area contributed by atoms with Crippen molar-refractivity contribution in [2.75, 3.05) is 20.3 Å². The van der Waals surface area contributed by atoms with Crippen molar-refractivity contribution in [1.82, 2.24) is 4.90 Å². The highest BCUT2D eigenvalue weighted by atomic mass is 16.5. The topological polar surface area (TPSA) is 38.8 Å². The summed E-state index contributed by atoms with van der Waals surface area (Å²) in [6, 6.07) is 10.5. The van der Waals surface area contributed by atoms with E-state index in [1.807, 2.05) is 13.2 Å². The first kappa shape index (κ1) is 17.7. The SMILES string of the molecule is CO[C@@]12CC[C@@H](OCC3CC3)C[C@@H]1N(C(=O)C1(c3ccccc3)CC1)CC2. The molecule has 1 aromatic carbocycles. The Balaban J connectivity index is 1.35. The van der Waals surface area contributed by atoms with Crippen molar-refractivity contribution in [3.05, 3.63) is 35.9 Å². The van der Waals surface area contributed by atoms with Gasteiger partial charge in [-0.1, -0.05) is 30.3 Å². The number of carbonyl (C=O) groups is 1. The molecule has 0 radical (unpaired) electrons. The maximum absolute atomic E-state index is 13.7. The molecule has 3 aliphatic carbocycles. The molecule has 1 aromatic rings. The van der Waals surface area contributed by atoms with Crippen molar-refractivity contribution in [2.45, 2.75) is 74.5 Å². The number of hydrogen-bond acceptors (Lipinski definition) is 3. The van der Waals surface area contributed by atoms with Crippen molar-refractivity contribution in [3.63, 3.8) is 0 Å². The molecule has 0 aromatic heterocycles. The summed E-state index contributed by atoms with van der Waals surface area (Å²) in [6.07, 6.45) is 8.82. The van der Waals surface area contributed by atoms with E-state index in [1.165, 1.54) is 18.4 Å². The smallest absolute Gasteiger partial charge is 0.233 e. The quantitative estimate of drug-likeness (QED) is 0.768. The van der Waals surface area contributed by atoms with E-state index in [1.54, 1.807) is 0 Å². The number of benzene rings is 1.